The standard InChI is InChI=1S/C19H30N4O2/c1-20-3-7-22(8-4-20)13-16-11-17(19(25)18(12-16)15-24)14-23-9-5-21(2)6-10-23/h11-12,15,25H,3-10,13-14H2,1-2H3. The van der Waals surface area contributed by atoms with E-state index in [0.717, 1.165) is 76.3 Å². The van der Waals surface area contributed by atoms with E-state index in [9.17, 15) is 9.90 Å². The first kappa shape index (κ1) is 18.3. The van der Waals surface area contributed by atoms with Crippen LogP contribution in [0.5, 0.6) is 5.75 Å². The highest BCUT2D eigenvalue weighted by Crippen LogP contribution is 2.26. The lowest BCUT2D eigenvalue weighted by Crippen LogP contribution is -2.44. The van der Waals surface area contributed by atoms with Gasteiger partial charge in [-0.25, -0.2) is 0 Å². The van der Waals surface area contributed by atoms with Gasteiger partial charge in [0.15, 0.2) is 6.29 Å². The Morgan fingerprint density at radius 3 is 1.92 bits per heavy atom. The van der Waals surface area contributed by atoms with Gasteiger partial charge in [-0.2, -0.15) is 0 Å². The van der Waals surface area contributed by atoms with Crippen molar-refractivity contribution in [3.05, 3.63) is 28.8 Å². The molecule has 1 aromatic carbocycles. The van der Waals surface area contributed by atoms with E-state index in [4.69, 9.17) is 0 Å². The van der Waals surface area contributed by atoms with Crippen molar-refractivity contribution < 1.29 is 9.90 Å². The van der Waals surface area contributed by atoms with Crippen molar-refractivity contribution in [1.29, 1.82) is 0 Å². The molecule has 0 saturated carbocycles. The number of hydrogen-bond donors (Lipinski definition) is 1. The van der Waals surface area contributed by atoms with Crippen LogP contribution in [0.15, 0.2) is 12.1 Å². The summed E-state index contributed by atoms with van der Waals surface area (Å²) in [5, 5.41) is 10.4. The SMILES string of the molecule is CN1CCN(Cc2cc(C=O)c(O)c(CN3CCN(C)CC3)c2)CC1. The normalized spacial score (nSPS) is 21.5. The number of carbonyl (C=O) groups is 1. The Bertz CT molecular complexity index is 591. The fraction of sp³-hybridized carbons (Fsp3) is 0.632. The Kier molecular flexibility index (Phi) is 6.06. The van der Waals surface area contributed by atoms with Crippen molar-refractivity contribution in [2.45, 2.75) is 13.1 Å². The molecule has 2 aliphatic heterocycles. The molecule has 6 heteroatoms. The number of phenols is 1. The molecule has 0 bridgehead atoms. The molecule has 138 valence electrons. The number of aldehydes is 1. The summed E-state index contributed by atoms with van der Waals surface area (Å²) < 4.78 is 0. The van der Waals surface area contributed by atoms with Crippen molar-refractivity contribution in [3.63, 3.8) is 0 Å². The number of likely N-dealkylation sites (N-methyl/N-ethyl adjacent to an activating group) is 2. The van der Waals surface area contributed by atoms with Gasteiger partial charge in [0.25, 0.3) is 0 Å². The second kappa shape index (κ2) is 8.27. The molecule has 2 aliphatic rings. The Morgan fingerprint density at radius 2 is 1.40 bits per heavy atom. The van der Waals surface area contributed by atoms with Crippen molar-refractivity contribution in [2.75, 3.05) is 66.5 Å². The summed E-state index contributed by atoms with van der Waals surface area (Å²) in [5.74, 6) is 0.149. The molecule has 0 unspecified atom stereocenters. The van der Waals surface area contributed by atoms with Crippen LogP contribution < -0.4 is 0 Å². The lowest BCUT2D eigenvalue weighted by atomic mass is 10.0. The Labute approximate surface area is 150 Å². The van der Waals surface area contributed by atoms with Crippen LogP contribution in [0.3, 0.4) is 0 Å². The number of hydrogen-bond acceptors (Lipinski definition) is 6. The highest BCUT2D eigenvalue weighted by atomic mass is 16.3. The number of nitrogens with zero attached hydrogens (tertiary/aromatic N) is 4. The molecule has 2 saturated heterocycles. The lowest BCUT2D eigenvalue weighted by Gasteiger charge is -2.33. The van der Waals surface area contributed by atoms with Crippen molar-refractivity contribution in [3.8, 4) is 5.75 Å². The van der Waals surface area contributed by atoms with Crippen LogP contribution >= 0.6 is 0 Å². The second-order valence-electron chi connectivity index (χ2n) is 7.47. The van der Waals surface area contributed by atoms with Crippen LogP contribution in [0, 0.1) is 0 Å². The summed E-state index contributed by atoms with van der Waals surface area (Å²) in [5.41, 5.74) is 2.41. The molecular weight excluding hydrogens is 316 g/mol. The zero-order chi connectivity index (χ0) is 17.8. The minimum Gasteiger partial charge on any atom is -0.507 e. The van der Waals surface area contributed by atoms with Gasteiger partial charge in [0.05, 0.1) is 5.56 Å². The lowest BCUT2D eigenvalue weighted by molar-refractivity contribution is 0.111. The molecule has 0 amide bonds. The average molecular weight is 346 g/mol. The van der Waals surface area contributed by atoms with E-state index in [1.54, 1.807) is 0 Å². The van der Waals surface area contributed by atoms with Crippen molar-refractivity contribution in [2.24, 2.45) is 0 Å². The van der Waals surface area contributed by atoms with Crippen LogP contribution in [0.2, 0.25) is 0 Å². The maximum atomic E-state index is 11.4. The predicted molar refractivity (Wildman–Crippen MR) is 99.0 cm³/mol. The number of benzene rings is 1. The monoisotopic (exact) mass is 346 g/mol. The second-order valence-corrected chi connectivity index (χ2v) is 7.47. The molecule has 0 aliphatic carbocycles. The van der Waals surface area contributed by atoms with E-state index < -0.39 is 0 Å². The number of piperazine rings is 2. The molecule has 1 N–H and O–H groups in total. The van der Waals surface area contributed by atoms with Crippen LogP contribution in [-0.4, -0.2) is 97.4 Å². The third-order valence-electron chi connectivity index (χ3n) is 5.40. The number of carbonyl (C=O) groups excluding carboxylic acids is 1. The predicted octanol–water partition coefficient (Wildman–Crippen LogP) is 0.700. The maximum Gasteiger partial charge on any atom is 0.153 e. The van der Waals surface area contributed by atoms with Gasteiger partial charge in [0.1, 0.15) is 5.75 Å². The molecule has 2 heterocycles. The first-order chi connectivity index (χ1) is 12.0. The van der Waals surface area contributed by atoms with Gasteiger partial charge in [-0.05, 0) is 31.8 Å². The van der Waals surface area contributed by atoms with Crippen LogP contribution in [-0.2, 0) is 13.1 Å². The van der Waals surface area contributed by atoms with E-state index in [2.05, 4.69) is 39.8 Å². The summed E-state index contributed by atoms with van der Waals surface area (Å²) in [7, 11) is 4.28. The van der Waals surface area contributed by atoms with Gasteiger partial charge in [-0.15, -0.1) is 0 Å². The number of aromatic hydroxyl groups is 1. The fourth-order valence-electron chi connectivity index (χ4n) is 3.60. The van der Waals surface area contributed by atoms with Gasteiger partial charge < -0.3 is 14.9 Å². The quantitative estimate of drug-likeness (QED) is 0.792. The summed E-state index contributed by atoms with van der Waals surface area (Å²) >= 11 is 0. The minimum absolute atomic E-state index is 0.149. The molecule has 0 aromatic heterocycles. The van der Waals surface area contributed by atoms with Crippen LogP contribution in [0.1, 0.15) is 21.5 Å². The smallest absolute Gasteiger partial charge is 0.153 e. The van der Waals surface area contributed by atoms with E-state index in [-0.39, 0.29) is 5.75 Å². The number of rotatable bonds is 5. The van der Waals surface area contributed by atoms with Crippen LogP contribution in [0.25, 0.3) is 0 Å². The van der Waals surface area contributed by atoms with Gasteiger partial charge in [0, 0.05) is 71.0 Å². The molecule has 6 nitrogen and oxygen atoms in total. The zero-order valence-corrected chi connectivity index (χ0v) is 15.4. The molecule has 3 rings (SSSR count). The molecule has 0 radical (unpaired) electrons. The topological polar surface area (TPSA) is 50.3 Å². The summed E-state index contributed by atoms with van der Waals surface area (Å²) in [6.07, 6.45) is 0.774. The van der Waals surface area contributed by atoms with Gasteiger partial charge in [0.2, 0.25) is 0 Å². The van der Waals surface area contributed by atoms with Gasteiger partial charge in [-0.3, -0.25) is 14.6 Å². The Hall–Kier alpha value is -1.47. The fourth-order valence-corrected chi connectivity index (χ4v) is 3.60. The Morgan fingerprint density at radius 1 is 0.880 bits per heavy atom. The first-order valence-electron chi connectivity index (χ1n) is 9.17. The molecule has 0 spiro atoms. The van der Waals surface area contributed by atoms with Gasteiger partial charge in [-0.1, -0.05) is 0 Å². The zero-order valence-electron chi connectivity index (χ0n) is 15.4. The largest absolute Gasteiger partial charge is 0.507 e. The number of phenolic OH excluding ortho intramolecular Hbond substituents is 1. The minimum atomic E-state index is 0.149. The third kappa shape index (κ3) is 4.79. The molecule has 0 atom stereocenters. The highest BCUT2D eigenvalue weighted by molar-refractivity contribution is 5.80. The van der Waals surface area contributed by atoms with Gasteiger partial charge >= 0.3 is 0 Å². The van der Waals surface area contributed by atoms with E-state index in [1.165, 1.54) is 0 Å². The molecule has 2 fully saturated rings. The first-order valence-corrected chi connectivity index (χ1v) is 9.17. The van der Waals surface area contributed by atoms with E-state index in [1.807, 2.05) is 6.07 Å². The summed E-state index contributed by atoms with van der Waals surface area (Å²) in [6.45, 7) is 9.86. The molecule has 1 aromatic rings. The summed E-state index contributed by atoms with van der Waals surface area (Å²) in [6, 6.07) is 3.92. The highest BCUT2D eigenvalue weighted by Gasteiger charge is 2.19. The van der Waals surface area contributed by atoms with E-state index in [0.29, 0.717) is 12.1 Å². The van der Waals surface area contributed by atoms with E-state index >= 15 is 0 Å². The molecular formula is C19H30N4O2. The maximum absolute atomic E-state index is 11.4. The van der Waals surface area contributed by atoms with Crippen molar-refractivity contribution in [1.82, 2.24) is 19.6 Å². The third-order valence-corrected chi connectivity index (χ3v) is 5.40. The van der Waals surface area contributed by atoms with Crippen molar-refractivity contribution >= 4 is 6.29 Å². The Balaban J connectivity index is 1.72. The van der Waals surface area contributed by atoms with Crippen LogP contribution in [0.4, 0.5) is 0 Å². The average Bonchev–Trinajstić information content (AvgIpc) is 2.61. The summed E-state index contributed by atoms with van der Waals surface area (Å²) in [4.78, 5) is 20.8. The molecule has 25 heavy (non-hydrogen) atoms.